The van der Waals surface area contributed by atoms with E-state index in [1.54, 1.807) is 0 Å². The Morgan fingerprint density at radius 3 is 2.42 bits per heavy atom. The zero-order valence-electron chi connectivity index (χ0n) is 14.6. The Hall–Kier alpha value is -2.27. The molecule has 24 heavy (non-hydrogen) atoms. The highest BCUT2D eigenvalue weighted by Gasteiger charge is 2.29. The number of hydrogen-bond acceptors (Lipinski definition) is 2. The summed E-state index contributed by atoms with van der Waals surface area (Å²) < 4.78 is 9.94. The summed E-state index contributed by atoms with van der Waals surface area (Å²) in [7, 11) is 4.03. The smallest absolute Gasteiger partial charge is 0.270 e. The molecule has 5 nitrogen and oxygen atoms in total. The van der Waals surface area contributed by atoms with Gasteiger partial charge in [0.1, 0.15) is 5.69 Å². The molecule has 2 atom stereocenters. The summed E-state index contributed by atoms with van der Waals surface area (Å²) in [5.74, 6) is 0.0831. The standard InChI is InChI=1S/C19H23N3O2/c1-12-10-22(11-13(2)24-12)19(23)17-9-16-18(21(17)4)14-7-5-6-8-15(14)20(16)3/h5-9,12-13H,10-11H2,1-4H3. The second-order valence-electron chi connectivity index (χ2n) is 6.87. The van der Waals surface area contributed by atoms with E-state index in [2.05, 4.69) is 23.7 Å². The number of aryl methyl sites for hydroxylation is 2. The first-order chi connectivity index (χ1) is 11.5. The lowest BCUT2D eigenvalue weighted by Gasteiger charge is -2.35. The first-order valence-corrected chi connectivity index (χ1v) is 8.45. The van der Waals surface area contributed by atoms with Gasteiger partial charge in [0.05, 0.1) is 28.8 Å². The summed E-state index contributed by atoms with van der Waals surface area (Å²) in [4.78, 5) is 15.0. The Bertz CT molecular complexity index is 927. The highest BCUT2D eigenvalue weighted by Crippen LogP contribution is 2.30. The number of aromatic nitrogens is 2. The van der Waals surface area contributed by atoms with Crippen molar-refractivity contribution in [2.75, 3.05) is 13.1 Å². The summed E-state index contributed by atoms with van der Waals surface area (Å²) in [6, 6.07) is 10.3. The number of fused-ring (bicyclic) bond motifs is 3. The van der Waals surface area contributed by atoms with Crippen LogP contribution in [0.3, 0.4) is 0 Å². The predicted octanol–water partition coefficient (Wildman–Crippen LogP) is 2.92. The fourth-order valence-corrected chi connectivity index (χ4v) is 3.97. The van der Waals surface area contributed by atoms with Crippen molar-refractivity contribution in [1.29, 1.82) is 0 Å². The number of carbonyl (C=O) groups excluding carboxylic acids is 1. The molecule has 2 aromatic heterocycles. The maximum absolute atomic E-state index is 13.1. The third-order valence-electron chi connectivity index (χ3n) is 5.02. The first-order valence-electron chi connectivity index (χ1n) is 8.45. The molecule has 3 heterocycles. The lowest BCUT2D eigenvalue weighted by Crippen LogP contribution is -2.48. The maximum Gasteiger partial charge on any atom is 0.270 e. The fourth-order valence-electron chi connectivity index (χ4n) is 3.97. The topological polar surface area (TPSA) is 39.4 Å². The Morgan fingerprint density at radius 2 is 1.71 bits per heavy atom. The number of carbonyl (C=O) groups is 1. The van der Waals surface area contributed by atoms with E-state index in [0.29, 0.717) is 13.1 Å². The molecule has 2 unspecified atom stereocenters. The van der Waals surface area contributed by atoms with Gasteiger partial charge >= 0.3 is 0 Å². The number of amides is 1. The number of hydrogen-bond donors (Lipinski definition) is 0. The van der Waals surface area contributed by atoms with Gasteiger partial charge in [-0.15, -0.1) is 0 Å². The van der Waals surface area contributed by atoms with Gasteiger partial charge in [0.15, 0.2) is 0 Å². The summed E-state index contributed by atoms with van der Waals surface area (Å²) >= 11 is 0. The van der Waals surface area contributed by atoms with E-state index in [0.717, 1.165) is 16.7 Å². The van der Waals surface area contributed by atoms with Gasteiger partial charge in [-0.1, -0.05) is 18.2 Å². The van der Waals surface area contributed by atoms with Crippen LogP contribution in [0.1, 0.15) is 24.3 Å². The predicted molar refractivity (Wildman–Crippen MR) is 95.3 cm³/mol. The van der Waals surface area contributed by atoms with Gasteiger partial charge in [-0.05, 0) is 26.0 Å². The molecule has 1 fully saturated rings. The zero-order chi connectivity index (χ0) is 17.0. The molecule has 1 amide bonds. The van der Waals surface area contributed by atoms with Crippen LogP contribution in [0, 0.1) is 0 Å². The van der Waals surface area contributed by atoms with Gasteiger partial charge in [0.25, 0.3) is 5.91 Å². The summed E-state index contributed by atoms with van der Waals surface area (Å²) in [5, 5.41) is 1.18. The van der Waals surface area contributed by atoms with E-state index < -0.39 is 0 Å². The van der Waals surface area contributed by atoms with Gasteiger partial charge in [0, 0.05) is 32.6 Å². The van der Waals surface area contributed by atoms with Crippen LogP contribution in [0.25, 0.3) is 21.9 Å². The maximum atomic E-state index is 13.1. The molecule has 0 bridgehead atoms. The van der Waals surface area contributed by atoms with Crippen molar-refractivity contribution in [3.63, 3.8) is 0 Å². The Labute approximate surface area is 141 Å². The minimum absolute atomic E-state index is 0.0771. The van der Waals surface area contributed by atoms with E-state index >= 15 is 0 Å². The van der Waals surface area contributed by atoms with Gasteiger partial charge in [-0.3, -0.25) is 4.79 Å². The van der Waals surface area contributed by atoms with E-state index in [4.69, 9.17) is 4.74 Å². The molecular formula is C19H23N3O2. The number of rotatable bonds is 1. The number of benzene rings is 1. The molecule has 1 aliphatic heterocycles. The summed E-state index contributed by atoms with van der Waals surface area (Å²) in [6.45, 7) is 5.33. The second kappa shape index (κ2) is 5.38. The van der Waals surface area contributed by atoms with Gasteiger partial charge < -0.3 is 18.8 Å². The van der Waals surface area contributed by atoms with Gasteiger partial charge in [-0.2, -0.15) is 0 Å². The van der Waals surface area contributed by atoms with Crippen LogP contribution < -0.4 is 0 Å². The largest absolute Gasteiger partial charge is 0.372 e. The Balaban J connectivity index is 1.81. The summed E-state index contributed by atoms with van der Waals surface area (Å²) in [6.07, 6.45) is 0.154. The third kappa shape index (κ3) is 2.15. The number of ether oxygens (including phenoxy) is 1. The third-order valence-corrected chi connectivity index (χ3v) is 5.02. The Kier molecular flexibility index (Phi) is 3.42. The average molecular weight is 325 g/mol. The fraction of sp³-hybridized carbons (Fsp3) is 0.421. The quantitative estimate of drug-likeness (QED) is 0.690. The van der Waals surface area contributed by atoms with Crippen LogP contribution in [0.5, 0.6) is 0 Å². The molecule has 0 aliphatic carbocycles. The number of para-hydroxylation sites is 1. The molecule has 4 rings (SSSR count). The molecule has 1 aliphatic rings. The van der Waals surface area contributed by atoms with E-state index in [9.17, 15) is 4.79 Å². The van der Waals surface area contributed by atoms with E-state index in [1.165, 1.54) is 10.9 Å². The van der Waals surface area contributed by atoms with Crippen molar-refractivity contribution in [1.82, 2.24) is 14.0 Å². The molecule has 126 valence electrons. The number of nitrogens with zero attached hydrogens (tertiary/aromatic N) is 3. The first kappa shape index (κ1) is 15.3. The van der Waals surface area contributed by atoms with E-state index in [-0.39, 0.29) is 18.1 Å². The van der Waals surface area contributed by atoms with Crippen LogP contribution >= 0.6 is 0 Å². The highest BCUT2D eigenvalue weighted by molar-refractivity contribution is 6.10. The number of morpholine rings is 1. The molecule has 3 aromatic rings. The molecule has 0 radical (unpaired) electrons. The van der Waals surface area contributed by atoms with Crippen LogP contribution in [0.2, 0.25) is 0 Å². The highest BCUT2D eigenvalue weighted by atomic mass is 16.5. The van der Waals surface area contributed by atoms with Crippen LogP contribution in [-0.2, 0) is 18.8 Å². The van der Waals surface area contributed by atoms with Gasteiger partial charge in [0.2, 0.25) is 0 Å². The second-order valence-corrected chi connectivity index (χ2v) is 6.87. The van der Waals surface area contributed by atoms with Crippen molar-refractivity contribution in [3.05, 3.63) is 36.0 Å². The van der Waals surface area contributed by atoms with Crippen molar-refractivity contribution in [2.45, 2.75) is 26.1 Å². The van der Waals surface area contributed by atoms with Crippen LogP contribution in [-0.4, -0.2) is 45.2 Å². The molecule has 0 N–H and O–H groups in total. The molecule has 0 spiro atoms. The summed E-state index contributed by atoms with van der Waals surface area (Å²) in [5.41, 5.74) is 4.13. The van der Waals surface area contributed by atoms with Crippen molar-refractivity contribution in [2.24, 2.45) is 14.1 Å². The van der Waals surface area contributed by atoms with Crippen LogP contribution in [0.4, 0.5) is 0 Å². The zero-order valence-corrected chi connectivity index (χ0v) is 14.6. The van der Waals surface area contributed by atoms with Crippen molar-refractivity contribution in [3.8, 4) is 0 Å². The van der Waals surface area contributed by atoms with E-state index in [1.807, 2.05) is 48.6 Å². The lowest BCUT2D eigenvalue weighted by atomic mass is 10.2. The monoisotopic (exact) mass is 325 g/mol. The molecule has 5 heteroatoms. The van der Waals surface area contributed by atoms with Crippen molar-refractivity contribution < 1.29 is 9.53 Å². The SMILES string of the molecule is CC1CN(C(=O)c2cc3c(c4ccccc4n3C)n2C)CC(C)O1. The normalized spacial score (nSPS) is 21.8. The minimum Gasteiger partial charge on any atom is -0.372 e. The van der Waals surface area contributed by atoms with Gasteiger partial charge in [-0.25, -0.2) is 0 Å². The molecule has 1 aromatic carbocycles. The average Bonchev–Trinajstić information content (AvgIpc) is 3.03. The van der Waals surface area contributed by atoms with Crippen LogP contribution in [0.15, 0.2) is 30.3 Å². The molecular weight excluding hydrogens is 302 g/mol. The molecule has 1 saturated heterocycles. The molecule has 0 saturated carbocycles. The Morgan fingerprint density at radius 1 is 1.04 bits per heavy atom. The minimum atomic E-state index is 0.0771. The van der Waals surface area contributed by atoms with Crippen molar-refractivity contribution >= 4 is 27.8 Å². The lowest BCUT2D eigenvalue weighted by molar-refractivity contribution is -0.0588.